The van der Waals surface area contributed by atoms with Gasteiger partial charge in [-0.15, -0.1) is 0 Å². The van der Waals surface area contributed by atoms with Gasteiger partial charge in [0.2, 0.25) is 0 Å². The number of para-hydroxylation sites is 1. The van der Waals surface area contributed by atoms with Gasteiger partial charge in [0.15, 0.2) is 0 Å². The van der Waals surface area contributed by atoms with Crippen molar-refractivity contribution in [1.29, 1.82) is 0 Å². The first-order valence-electron chi connectivity index (χ1n) is 4.20. The van der Waals surface area contributed by atoms with Gasteiger partial charge >= 0.3 is 0 Å². The average Bonchev–Trinajstić information content (AvgIpc) is 2.01. The normalized spacial score (nSPS) is 11.4. The van der Waals surface area contributed by atoms with Crippen molar-refractivity contribution < 1.29 is 5.11 Å². The molecule has 0 unspecified atom stereocenters. The summed E-state index contributed by atoms with van der Waals surface area (Å²) in [6, 6.07) is 7.85. The van der Waals surface area contributed by atoms with E-state index in [0.717, 1.165) is 10.2 Å². The molecule has 0 heterocycles. The number of rotatable bonds is 3. The number of hydrogen-bond donors (Lipinski definition) is 2. The molecule has 13 heavy (non-hydrogen) atoms. The zero-order valence-corrected chi connectivity index (χ0v) is 9.43. The van der Waals surface area contributed by atoms with Crippen LogP contribution >= 0.6 is 15.9 Å². The van der Waals surface area contributed by atoms with Crippen molar-refractivity contribution in [3.05, 3.63) is 28.7 Å². The Morgan fingerprint density at radius 3 is 2.54 bits per heavy atom. The Morgan fingerprint density at radius 2 is 2.00 bits per heavy atom. The standard InChI is InChI=1S/C10H14BrNO/c1-10(2,13)7-12-9-6-4-3-5-8(9)11/h3-6,12-13H,7H2,1-2H3. The summed E-state index contributed by atoms with van der Waals surface area (Å²) in [6.45, 7) is 4.09. The molecule has 0 saturated heterocycles. The lowest BCUT2D eigenvalue weighted by molar-refractivity contribution is 0.0945. The fourth-order valence-corrected chi connectivity index (χ4v) is 1.34. The number of aliphatic hydroxyl groups is 1. The van der Waals surface area contributed by atoms with Crippen LogP contribution in [0.2, 0.25) is 0 Å². The summed E-state index contributed by atoms with van der Waals surface area (Å²) in [5.74, 6) is 0. The molecule has 1 aromatic carbocycles. The minimum atomic E-state index is -0.685. The number of nitrogens with one attached hydrogen (secondary N) is 1. The van der Waals surface area contributed by atoms with Gasteiger partial charge in [-0.3, -0.25) is 0 Å². The SMILES string of the molecule is CC(C)(O)CNc1ccccc1Br. The van der Waals surface area contributed by atoms with Gasteiger partial charge in [0.05, 0.1) is 5.60 Å². The molecular formula is C10H14BrNO. The van der Waals surface area contributed by atoms with Gasteiger partial charge in [0, 0.05) is 16.7 Å². The lowest BCUT2D eigenvalue weighted by atomic mass is 10.1. The van der Waals surface area contributed by atoms with Gasteiger partial charge in [-0.25, -0.2) is 0 Å². The summed E-state index contributed by atoms with van der Waals surface area (Å²) in [5, 5.41) is 12.6. The predicted molar refractivity (Wildman–Crippen MR) is 58.9 cm³/mol. The van der Waals surface area contributed by atoms with Crippen LogP contribution in [0.25, 0.3) is 0 Å². The summed E-state index contributed by atoms with van der Waals surface area (Å²) in [6.07, 6.45) is 0. The van der Waals surface area contributed by atoms with E-state index in [9.17, 15) is 5.11 Å². The van der Waals surface area contributed by atoms with Crippen molar-refractivity contribution >= 4 is 21.6 Å². The molecule has 1 rings (SSSR count). The molecular weight excluding hydrogens is 230 g/mol. The molecule has 0 bridgehead atoms. The number of benzene rings is 1. The van der Waals surface area contributed by atoms with Gasteiger partial charge in [0.1, 0.15) is 0 Å². The van der Waals surface area contributed by atoms with E-state index in [1.54, 1.807) is 13.8 Å². The molecule has 3 heteroatoms. The zero-order chi connectivity index (χ0) is 9.90. The van der Waals surface area contributed by atoms with Crippen molar-refractivity contribution in [2.24, 2.45) is 0 Å². The average molecular weight is 244 g/mol. The maximum absolute atomic E-state index is 9.49. The van der Waals surface area contributed by atoms with Crippen molar-refractivity contribution in [3.8, 4) is 0 Å². The Morgan fingerprint density at radius 1 is 1.38 bits per heavy atom. The topological polar surface area (TPSA) is 32.3 Å². The smallest absolute Gasteiger partial charge is 0.0763 e. The Kier molecular flexibility index (Phi) is 3.33. The van der Waals surface area contributed by atoms with Crippen LogP contribution in [0.3, 0.4) is 0 Å². The molecule has 1 aromatic rings. The highest BCUT2D eigenvalue weighted by Gasteiger charge is 2.11. The van der Waals surface area contributed by atoms with Crippen LogP contribution in [0.4, 0.5) is 5.69 Å². The first kappa shape index (κ1) is 10.5. The van der Waals surface area contributed by atoms with Crippen LogP contribution in [-0.4, -0.2) is 17.3 Å². The third-order valence-electron chi connectivity index (χ3n) is 1.59. The molecule has 72 valence electrons. The maximum atomic E-state index is 9.49. The molecule has 0 amide bonds. The molecule has 0 aromatic heterocycles. The van der Waals surface area contributed by atoms with Gasteiger partial charge < -0.3 is 10.4 Å². The largest absolute Gasteiger partial charge is 0.389 e. The van der Waals surface area contributed by atoms with Crippen molar-refractivity contribution in [2.75, 3.05) is 11.9 Å². The van der Waals surface area contributed by atoms with E-state index in [0.29, 0.717) is 6.54 Å². The highest BCUT2D eigenvalue weighted by molar-refractivity contribution is 9.10. The van der Waals surface area contributed by atoms with E-state index < -0.39 is 5.60 Å². The van der Waals surface area contributed by atoms with E-state index >= 15 is 0 Å². The fraction of sp³-hybridized carbons (Fsp3) is 0.400. The first-order valence-corrected chi connectivity index (χ1v) is 4.99. The summed E-state index contributed by atoms with van der Waals surface area (Å²) in [4.78, 5) is 0. The summed E-state index contributed by atoms with van der Waals surface area (Å²) in [5.41, 5.74) is 0.319. The third-order valence-corrected chi connectivity index (χ3v) is 2.28. The Bertz CT molecular complexity index is 280. The molecule has 0 saturated carbocycles. The predicted octanol–water partition coefficient (Wildman–Crippen LogP) is 2.63. The second-order valence-electron chi connectivity index (χ2n) is 3.65. The zero-order valence-electron chi connectivity index (χ0n) is 7.84. The van der Waals surface area contributed by atoms with E-state index in [1.807, 2.05) is 24.3 Å². The van der Waals surface area contributed by atoms with E-state index in [-0.39, 0.29) is 0 Å². The minimum Gasteiger partial charge on any atom is -0.389 e. The highest BCUT2D eigenvalue weighted by Crippen LogP contribution is 2.21. The minimum absolute atomic E-state index is 0.537. The van der Waals surface area contributed by atoms with Crippen LogP contribution in [0, 0.1) is 0 Å². The lowest BCUT2D eigenvalue weighted by Gasteiger charge is -2.19. The van der Waals surface area contributed by atoms with E-state index in [1.165, 1.54) is 0 Å². The Balaban J connectivity index is 2.60. The van der Waals surface area contributed by atoms with Crippen LogP contribution in [0.15, 0.2) is 28.7 Å². The highest BCUT2D eigenvalue weighted by atomic mass is 79.9. The summed E-state index contributed by atoms with van der Waals surface area (Å²) >= 11 is 3.42. The molecule has 0 aliphatic carbocycles. The molecule has 0 fully saturated rings. The second-order valence-corrected chi connectivity index (χ2v) is 4.50. The summed E-state index contributed by atoms with van der Waals surface area (Å²) < 4.78 is 1.01. The Labute approximate surface area is 87.1 Å². The number of halogens is 1. The first-order chi connectivity index (χ1) is 5.99. The quantitative estimate of drug-likeness (QED) is 0.856. The molecule has 0 atom stereocenters. The van der Waals surface area contributed by atoms with Crippen molar-refractivity contribution in [2.45, 2.75) is 19.4 Å². The Hall–Kier alpha value is -0.540. The van der Waals surface area contributed by atoms with Crippen LogP contribution in [-0.2, 0) is 0 Å². The molecule has 2 nitrogen and oxygen atoms in total. The van der Waals surface area contributed by atoms with Gasteiger partial charge in [-0.05, 0) is 41.9 Å². The van der Waals surface area contributed by atoms with Crippen LogP contribution in [0.1, 0.15) is 13.8 Å². The third kappa shape index (κ3) is 3.79. The monoisotopic (exact) mass is 243 g/mol. The second kappa shape index (κ2) is 4.11. The van der Waals surface area contributed by atoms with Gasteiger partial charge in [-0.2, -0.15) is 0 Å². The molecule has 0 aliphatic heterocycles. The molecule has 0 radical (unpaired) electrons. The van der Waals surface area contributed by atoms with Crippen LogP contribution in [0.5, 0.6) is 0 Å². The summed E-state index contributed by atoms with van der Waals surface area (Å²) in [7, 11) is 0. The maximum Gasteiger partial charge on any atom is 0.0763 e. The number of hydrogen-bond acceptors (Lipinski definition) is 2. The lowest BCUT2D eigenvalue weighted by Crippen LogP contribution is -2.29. The van der Waals surface area contributed by atoms with E-state index in [4.69, 9.17) is 0 Å². The van der Waals surface area contributed by atoms with E-state index in [2.05, 4.69) is 21.2 Å². The molecule has 2 N–H and O–H groups in total. The number of anilines is 1. The molecule has 0 aliphatic rings. The van der Waals surface area contributed by atoms with Crippen LogP contribution < -0.4 is 5.32 Å². The van der Waals surface area contributed by atoms with Crippen molar-refractivity contribution in [3.63, 3.8) is 0 Å². The van der Waals surface area contributed by atoms with Crippen molar-refractivity contribution in [1.82, 2.24) is 0 Å². The molecule has 0 spiro atoms. The van der Waals surface area contributed by atoms with Gasteiger partial charge in [-0.1, -0.05) is 12.1 Å². The van der Waals surface area contributed by atoms with Gasteiger partial charge in [0.25, 0.3) is 0 Å². The fourth-order valence-electron chi connectivity index (χ4n) is 0.916.